The molecule has 2 amide bonds. The van der Waals surface area contributed by atoms with Gasteiger partial charge in [-0.25, -0.2) is 8.42 Å². The van der Waals surface area contributed by atoms with Crippen molar-refractivity contribution in [3.8, 4) is 0 Å². The summed E-state index contributed by atoms with van der Waals surface area (Å²) in [5.74, 6) is -0.780. The predicted molar refractivity (Wildman–Crippen MR) is 121 cm³/mol. The van der Waals surface area contributed by atoms with Gasteiger partial charge in [0.15, 0.2) is 0 Å². The van der Waals surface area contributed by atoms with Gasteiger partial charge in [0.1, 0.15) is 6.04 Å². The summed E-state index contributed by atoms with van der Waals surface area (Å²) in [6.07, 6.45) is 0.382. The van der Waals surface area contributed by atoms with E-state index in [1.807, 2.05) is 6.92 Å². The Labute approximate surface area is 189 Å². The molecule has 0 bridgehead atoms. The number of nitrogens with one attached hydrogen (secondary N) is 1. The first-order chi connectivity index (χ1) is 14.6. The molecule has 0 spiro atoms. The maximum atomic E-state index is 13.2. The summed E-state index contributed by atoms with van der Waals surface area (Å²) in [6.45, 7) is 3.42. The van der Waals surface area contributed by atoms with E-state index >= 15 is 0 Å². The SMILES string of the molecule is CC[C@H](C(=O)NC)N(Cc1ccc(Cl)cc1)C(=O)CN(C)S(=O)(=O)c1ccc(C)cc1. The molecule has 0 aliphatic rings. The highest BCUT2D eigenvalue weighted by molar-refractivity contribution is 7.89. The number of halogens is 1. The van der Waals surface area contributed by atoms with Gasteiger partial charge in [0.05, 0.1) is 11.4 Å². The van der Waals surface area contributed by atoms with Crippen molar-refractivity contribution in [1.82, 2.24) is 14.5 Å². The number of rotatable bonds is 9. The van der Waals surface area contributed by atoms with Gasteiger partial charge in [-0.1, -0.05) is 48.4 Å². The zero-order valence-electron chi connectivity index (χ0n) is 18.1. The minimum Gasteiger partial charge on any atom is -0.357 e. The maximum Gasteiger partial charge on any atom is 0.243 e. The average Bonchev–Trinajstić information content (AvgIpc) is 2.74. The third-order valence-electron chi connectivity index (χ3n) is 4.99. The second kappa shape index (κ2) is 10.7. The molecule has 2 aromatic carbocycles. The van der Waals surface area contributed by atoms with E-state index in [0.717, 1.165) is 15.4 Å². The smallest absolute Gasteiger partial charge is 0.243 e. The Bertz CT molecular complexity index is 1010. The van der Waals surface area contributed by atoms with Crippen LogP contribution in [0.4, 0.5) is 0 Å². The predicted octanol–water partition coefficient (Wildman–Crippen LogP) is 2.82. The van der Waals surface area contributed by atoms with E-state index in [0.29, 0.717) is 11.4 Å². The molecule has 31 heavy (non-hydrogen) atoms. The van der Waals surface area contributed by atoms with E-state index in [1.165, 1.54) is 31.1 Å². The Hall–Kier alpha value is -2.42. The van der Waals surface area contributed by atoms with Crippen molar-refractivity contribution in [1.29, 1.82) is 0 Å². The number of likely N-dealkylation sites (N-methyl/N-ethyl adjacent to an activating group) is 2. The molecule has 9 heteroatoms. The van der Waals surface area contributed by atoms with Crippen LogP contribution in [0.2, 0.25) is 5.02 Å². The first-order valence-electron chi connectivity index (χ1n) is 9.88. The van der Waals surface area contributed by atoms with Gasteiger partial charge in [-0.15, -0.1) is 0 Å². The summed E-state index contributed by atoms with van der Waals surface area (Å²) in [6, 6.07) is 12.6. The zero-order valence-corrected chi connectivity index (χ0v) is 19.7. The Morgan fingerprint density at radius 1 is 1.06 bits per heavy atom. The van der Waals surface area contributed by atoms with Gasteiger partial charge >= 0.3 is 0 Å². The van der Waals surface area contributed by atoms with Crippen molar-refractivity contribution in [2.45, 2.75) is 37.8 Å². The molecule has 0 aromatic heterocycles. The van der Waals surface area contributed by atoms with Gasteiger partial charge in [0, 0.05) is 25.7 Å². The lowest BCUT2D eigenvalue weighted by molar-refractivity contribution is -0.141. The lowest BCUT2D eigenvalue weighted by Gasteiger charge is -2.31. The number of hydrogen-bond acceptors (Lipinski definition) is 4. The van der Waals surface area contributed by atoms with Crippen molar-refractivity contribution >= 4 is 33.4 Å². The lowest BCUT2D eigenvalue weighted by Crippen LogP contribution is -2.51. The van der Waals surface area contributed by atoms with Crippen molar-refractivity contribution in [2.75, 3.05) is 20.6 Å². The highest BCUT2D eigenvalue weighted by atomic mass is 35.5. The van der Waals surface area contributed by atoms with E-state index in [1.54, 1.807) is 43.3 Å². The van der Waals surface area contributed by atoms with Crippen LogP contribution in [0, 0.1) is 6.92 Å². The number of nitrogens with zero attached hydrogens (tertiary/aromatic N) is 2. The quantitative estimate of drug-likeness (QED) is 0.617. The van der Waals surface area contributed by atoms with Crippen LogP contribution in [-0.4, -0.2) is 56.1 Å². The topological polar surface area (TPSA) is 86.8 Å². The number of carbonyl (C=O) groups excluding carboxylic acids is 2. The van der Waals surface area contributed by atoms with Crippen LogP contribution in [0.3, 0.4) is 0 Å². The Morgan fingerprint density at radius 3 is 2.16 bits per heavy atom. The van der Waals surface area contributed by atoms with Gasteiger partial charge in [0.2, 0.25) is 21.8 Å². The molecule has 1 atom stereocenters. The number of hydrogen-bond donors (Lipinski definition) is 1. The number of benzene rings is 2. The van der Waals surface area contributed by atoms with E-state index in [9.17, 15) is 18.0 Å². The molecule has 0 aliphatic carbocycles. The van der Waals surface area contributed by atoms with E-state index in [2.05, 4.69) is 5.32 Å². The van der Waals surface area contributed by atoms with Gasteiger partial charge in [-0.2, -0.15) is 4.31 Å². The van der Waals surface area contributed by atoms with Crippen molar-refractivity contribution < 1.29 is 18.0 Å². The Morgan fingerprint density at radius 2 is 1.65 bits per heavy atom. The number of carbonyl (C=O) groups is 2. The molecule has 0 saturated heterocycles. The largest absolute Gasteiger partial charge is 0.357 e. The van der Waals surface area contributed by atoms with Crippen LogP contribution in [0.25, 0.3) is 0 Å². The first-order valence-corrected chi connectivity index (χ1v) is 11.7. The summed E-state index contributed by atoms with van der Waals surface area (Å²) in [5, 5.41) is 3.13. The zero-order chi connectivity index (χ0) is 23.2. The molecule has 0 heterocycles. The summed E-state index contributed by atoms with van der Waals surface area (Å²) >= 11 is 5.94. The number of aryl methyl sites for hydroxylation is 1. The van der Waals surface area contributed by atoms with Gasteiger partial charge in [-0.05, 0) is 43.2 Å². The second-order valence-corrected chi connectivity index (χ2v) is 9.74. The highest BCUT2D eigenvalue weighted by Crippen LogP contribution is 2.18. The van der Waals surface area contributed by atoms with Crippen LogP contribution >= 0.6 is 11.6 Å². The lowest BCUT2D eigenvalue weighted by atomic mass is 10.1. The van der Waals surface area contributed by atoms with Crippen LogP contribution < -0.4 is 5.32 Å². The Kier molecular flexibility index (Phi) is 8.61. The minimum absolute atomic E-state index is 0.107. The Balaban J connectivity index is 2.29. The van der Waals surface area contributed by atoms with Crippen molar-refractivity contribution in [3.63, 3.8) is 0 Å². The average molecular weight is 466 g/mol. The van der Waals surface area contributed by atoms with Crippen molar-refractivity contribution in [3.05, 3.63) is 64.7 Å². The molecule has 0 aliphatic heterocycles. The van der Waals surface area contributed by atoms with Gasteiger partial charge < -0.3 is 10.2 Å². The monoisotopic (exact) mass is 465 g/mol. The van der Waals surface area contributed by atoms with Crippen LogP contribution in [-0.2, 0) is 26.2 Å². The van der Waals surface area contributed by atoms with Crippen LogP contribution in [0.5, 0.6) is 0 Å². The summed E-state index contributed by atoms with van der Waals surface area (Å²) in [4.78, 5) is 27.1. The van der Waals surface area contributed by atoms with E-state index < -0.39 is 28.5 Å². The fraction of sp³-hybridized carbons (Fsp3) is 0.364. The maximum absolute atomic E-state index is 13.2. The molecular formula is C22H28ClN3O4S. The van der Waals surface area contributed by atoms with E-state index in [4.69, 9.17) is 11.6 Å². The third kappa shape index (κ3) is 6.29. The number of sulfonamides is 1. The fourth-order valence-corrected chi connectivity index (χ4v) is 4.38. The van der Waals surface area contributed by atoms with Crippen LogP contribution in [0.15, 0.2) is 53.4 Å². The molecule has 0 fully saturated rings. The normalized spacial score (nSPS) is 12.5. The fourth-order valence-electron chi connectivity index (χ4n) is 3.13. The van der Waals surface area contributed by atoms with Crippen LogP contribution in [0.1, 0.15) is 24.5 Å². The summed E-state index contributed by atoms with van der Waals surface area (Å²) < 4.78 is 26.8. The molecule has 7 nitrogen and oxygen atoms in total. The molecule has 0 unspecified atom stereocenters. The van der Waals surface area contributed by atoms with Crippen molar-refractivity contribution in [2.24, 2.45) is 0 Å². The highest BCUT2D eigenvalue weighted by Gasteiger charge is 2.31. The minimum atomic E-state index is -3.85. The molecule has 1 N–H and O–H groups in total. The molecule has 168 valence electrons. The first kappa shape index (κ1) is 24.8. The van der Waals surface area contributed by atoms with Gasteiger partial charge in [-0.3, -0.25) is 9.59 Å². The molecule has 2 aromatic rings. The molecule has 0 radical (unpaired) electrons. The molecular weight excluding hydrogens is 438 g/mol. The number of amides is 2. The second-order valence-electron chi connectivity index (χ2n) is 7.26. The third-order valence-corrected chi connectivity index (χ3v) is 7.06. The van der Waals surface area contributed by atoms with E-state index in [-0.39, 0.29) is 17.3 Å². The molecule has 2 rings (SSSR count). The molecule has 0 saturated carbocycles. The summed E-state index contributed by atoms with van der Waals surface area (Å²) in [7, 11) is -0.994. The summed E-state index contributed by atoms with van der Waals surface area (Å²) in [5.41, 5.74) is 1.72. The van der Waals surface area contributed by atoms with Gasteiger partial charge in [0.25, 0.3) is 0 Å². The standard InChI is InChI=1S/C22H28ClN3O4S/c1-5-20(22(28)24-3)26(14-17-8-10-18(23)11-9-17)21(27)15-25(4)31(29,30)19-12-6-16(2)7-13-19/h6-13,20H,5,14-15H2,1-4H3,(H,24,28)/t20-/m1/s1.